The molecule has 122 valence electrons. The third kappa shape index (κ3) is 3.37. The minimum Gasteiger partial charge on any atom is -0.459 e. The molecule has 1 N–H and O–H groups in total. The Morgan fingerprint density at radius 3 is 2.65 bits per heavy atom. The fraction of sp³-hybridized carbons (Fsp3) is 0.267. The lowest BCUT2D eigenvalue weighted by Crippen LogP contribution is -2.33. The number of hydrogen-bond acceptors (Lipinski definition) is 4. The van der Waals surface area contributed by atoms with E-state index in [9.17, 15) is 17.6 Å². The average molecular weight is 338 g/mol. The maximum atomic E-state index is 13.6. The largest absolute Gasteiger partial charge is 0.459 e. The highest BCUT2D eigenvalue weighted by Gasteiger charge is 2.36. The fourth-order valence-electron chi connectivity index (χ4n) is 2.35. The van der Waals surface area contributed by atoms with Crippen molar-refractivity contribution in [3.63, 3.8) is 0 Å². The van der Waals surface area contributed by atoms with Crippen molar-refractivity contribution in [1.29, 1.82) is 0 Å². The van der Waals surface area contributed by atoms with Crippen molar-refractivity contribution in [2.45, 2.75) is 18.9 Å². The smallest absolute Gasteiger partial charge is 0.291 e. The molecule has 0 radical (unpaired) electrons. The van der Waals surface area contributed by atoms with E-state index in [1.54, 1.807) is 6.07 Å². The Morgan fingerprint density at radius 1 is 1.35 bits per heavy atom. The summed E-state index contributed by atoms with van der Waals surface area (Å²) in [4.78, 5) is 12.1. The number of carbonyl (C=O) groups is 1. The molecule has 0 saturated heterocycles. The number of nitrogens with one attached hydrogen (secondary N) is 1. The number of carbonyl (C=O) groups excluding carboxylic acids is 1. The van der Waals surface area contributed by atoms with Crippen LogP contribution in [0.3, 0.4) is 0 Å². The number of rotatable bonds is 5. The van der Waals surface area contributed by atoms with Crippen LogP contribution >= 0.6 is 0 Å². The summed E-state index contributed by atoms with van der Waals surface area (Å²) >= 11 is 0. The number of sulfonamides is 1. The van der Waals surface area contributed by atoms with Gasteiger partial charge < -0.3 is 9.73 Å². The maximum absolute atomic E-state index is 13.6. The van der Waals surface area contributed by atoms with Gasteiger partial charge in [-0.15, -0.1) is 0 Å². The molecule has 0 spiro atoms. The minimum atomic E-state index is -3.54. The van der Waals surface area contributed by atoms with Crippen LogP contribution in [0.5, 0.6) is 0 Å². The summed E-state index contributed by atoms with van der Waals surface area (Å²) in [6, 6.07) is 6.47. The van der Waals surface area contributed by atoms with Crippen LogP contribution in [-0.4, -0.2) is 26.6 Å². The highest BCUT2D eigenvalue weighted by atomic mass is 32.2. The van der Waals surface area contributed by atoms with Crippen molar-refractivity contribution in [2.24, 2.45) is 0 Å². The molecule has 6 nitrogen and oxygen atoms in total. The van der Waals surface area contributed by atoms with Crippen LogP contribution in [-0.2, 0) is 10.0 Å². The molecule has 1 fully saturated rings. The maximum Gasteiger partial charge on any atom is 0.291 e. The van der Waals surface area contributed by atoms with Crippen LogP contribution in [0.1, 0.15) is 23.4 Å². The third-order valence-electron chi connectivity index (χ3n) is 3.43. The lowest BCUT2D eigenvalue weighted by Gasteiger charge is -2.24. The second-order valence-electron chi connectivity index (χ2n) is 5.38. The van der Waals surface area contributed by atoms with Crippen LogP contribution in [0.2, 0.25) is 0 Å². The molecular formula is C15H15FN2O4S. The molecule has 1 saturated carbocycles. The van der Waals surface area contributed by atoms with Gasteiger partial charge in [0.15, 0.2) is 5.76 Å². The molecule has 2 aromatic rings. The zero-order valence-corrected chi connectivity index (χ0v) is 13.1. The lowest BCUT2D eigenvalue weighted by molar-refractivity contribution is 0.0996. The monoisotopic (exact) mass is 338 g/mol. The van der Waals surface area contributed by atoms with E-state index in [0.29, 0.717) is 0 Å². The van der Waals surface area contributed by atoms with Crippen LogP contribution in [0.25, 0.3) is 0 Å². The van der Waals surface area contributed by atoms with Crippen molar-refractivity contribution < 1.29 is 22.0 Å². The number of hydrogen-bond donors (Lipinski definition) is 1. The molecule has 3 rings (SSSR count). The fourth-order valence-corrected chi connectivity index (χ4v) is 3.62. The highest BCUT2D eigenvalue weighted by Crippen LogP contribution is 2.38. The molecule has 1 aliphatic carbocycles. The summed E-state index contributed by atoms with van der Waals surface area (Å²) in [5, 5.41) is 2.51. The Morgan fingerprint density at radius 2 is 2.09 bits per heavy atom. The first-order chi connectivity index (χ1) is 10.9. The SMILES string of the molecule is CS(=O)(=O)N(c1ccc(F)cc1NC(=O)c1ccco1)C1CC1. The predicted molar refractivity (Wildman–Crippen MR) is 83.4 cm³/mol. The molecule has 8 heteroatoms. The van der Waals surface area contributed by atoms with Gasteiger partial charge in [-0.05, 0) is 43.2 Å². The van der Waals surface area contributed by atoms with Gasteiger partial charge in [-0.1, -0.05) is 0 Å². The van der Waals surface area contributed by atoms with Crippen molar-refractivity contribution in [3.8, 4) is 0 Å². The normalized spacial score (nSPS) is 14.5. The summed E-state index contributed by atoms with van der Waals surface area (Å²) in [6.45, 7) is 0. The van der Waals surface area contributed by atoms with Gasteiger partial charge in [-0.3, -0.25) is 9.10 Å². The predicted octanol–water partition coefficient (Wildman–Crippen LogP) is 2.60. The van der Waals surface area contributed by atoms with E-state index in [1.165, 1.54) is 28.8 Å². The van der Waals surface area contributed by atoms with Crippen molar-refractivity contribution in [2.75, 3.05) is 15.9 Å². The van der Waals surface area contributed by atoms with Gasteiger partial charge in [-0.25, -0.2) is 12.8 Å². The van der Waals surface area contributed by atoms with Gasteiger partial charge in [0.05, 0.1) is 23.9 Å². The molecule has 1 aliphatic rings. The van der Waals surface area contributed by atoms with E-state index in [4.69, 9.17) is 4.42 Å². The Labute approximate surface area is 132 Å². The number of amides is 1. The zero-order chi connectivity index (χ0) is 16.6. The molecular weight excluding hydrogens is 323 g/mol. The molecule has 1 amide bonds. The van der Waals surface area contributed by atoms with E-state index in [1.807, 2.05) is 0 Å². The van der Waals surface area contributed by atoms with Gasteiger partial charge in [0.2, 0.25) is 10.0 Å². The Hall–Kier alpha value is -2.35. The average Bonchev–Trinajstić information content (AvgIpc) is 3.12. The quantitative estimate of drug-likeness (QED) is 0.909. The van der Waals surface area contributed by atoms with E-state index in [2.05, 4.69) is 5.32 Å². The summed E-state index contributed by atoms with van der Waals surface area (Å²) in [5.41, 5.74) is 0.333. The van der Waals surface area contributed by atoms with Crippen LogP contribution in [0.15, 0.2) is 41.0 Å². The van der Waals surface area contributed by atoms with Crippen LogP contribution in [0.4, 0.5) is 15.8 Å². The van der Waals surface area contributed by atoms with E-state index in [-0.39, 0.29) is 23.2 Å². The summed E-state index contributed by atoms with van der Waals surface area (Å²) < 4.78 is 43.9. The first-order valence-corrected chi connectivity index (χ1v) is 8.85. The van der Waals surface area contributed by atoms with Crippen molar-refractivity contribution in [1.82, 2.24) is 0 Å². The molecule has 0 aliphatic heterocycles. The molecule has 0 bridgehead atoms. The lowest BCUT2D eigenvalue weighted by atomic mass is 10.2. The van der Waals surface area contributed by atoms with Crippen molar-refractivity contribution >= 4 is 27.3 Å². The Bertz CT molecular complexity index is 829. The number of furan rings is 1. The van der Waals surface area contributed by atoms with E-state index in [0.717, 1.165) is 25.2 Å². The molecule has 1 aromatic carbocycles. The molecule has 0 atom stereocenters. The summed E-state index contributed by atoms with van der Waals surface area (Å²) in [7, 11) is -3.54. The molecule has 1 heterocycles. The second-order valence-corrected chi connectivity index (χ2v) is 7.24. The van der Waals surface area contributed by atoms with Gasteiger partial charge in [-0.2, -0.15) is 0 Å². The Kier molecular flexibility index (Phi) is 3.85. The summed E-state index contributed by atoms with van der Waals surface area (Å²) in [5.74, 6) is -1.10. The minimum absolute atomic E-state index is 0.0533. The third-order valence-corrected chi connectivity index (χ3v) is 4.63. The molecule has 1 aromatic heterocycles. The van der Waals surface area contributed by atoms with Gasteiger partial charge >= 0.3 is 0 Å². The number of halogens is 1. The van der Waals surface area contributed by atoms with E-state index < -0.39 is 21.7 Å². The molecule has 23 heavy (non-hydrogen) atoms. The standard InChI is InChI=1S/C15H15FN2O4S/c1-23(20,21)18(11-5-6-11)13-7-4-10(16)9-12(13)17-15(19)14-3-2-8-22-14/h2-4,7-9,11H,5-6H2,1H3,(H,17,19). The second kappa shape index (κ2) is 5.69. The van der Waals surface area contributed by atoms with E-state index >= 15 is 0 Å². The Balaban J connectivity index is 1.99. The number of benzene rings is 1. The first kappa shape index (κ1) is 15.5. The van der Waals surface area contributed by atoms with Crippen LogP contribution < -0.4 is 9.62 Å². The zero-order valence-electron chi connectivity index (χ0n) is 12.3. The van der Waals surface area contributed by atoms with Gasteiger partial charge in [0, 0.05) is 6.04 Å². The van der Waals surface area contributed by atoms with Gasteiger partial charge in [0.1, 0.15) is 5.82 Å². The van der Waals surface area contributed by atoms with Crippen LogP contribution in [0, 0.1) is 5.82 Å². The highest BCUT2D eigenvalue weighted by molar-refractivity contribution is 7.92. The number of anilines is 2. The van der Waals surface area contributed by atoms with Crippen molar-refractivity contribution in [3.05, 3.63) is 48.2 Å². The van der Waals surface area contributed by atoms with Gasteiger partial charge in [0.25, 0.3) is 5.91 Å². The molecule has 0 unspecified atom stereocenters. The number of nitrogens with zero attached hydrogens (tertiary/aromatic N) is 1. The topological polar surface area (TPSA) is 79.6 Å². The summed E-state index contributed by atoms with van der Waals surface area (Å²) in [6.07, 6.45) is 3.90. The first-order valence-electron chi connectivity index (χ1n) is 7.00.